The van der Waals surface area contributed by atoms with Gasteiger partial charge in [-0.2, -0.15) is 0 Å². The number of rotatable bonds is 4. The molecule has 6 heteroatoms. The van der Waals surface area contributed by atoms with Crippen molar-refractivity contribution >= 4 is 23.3 Å². The van der Waals surface area contributed by atoms with E-state index >= 15 is 0 Å². The van der Waals surface area contributed by atoms with Crippen LogP contribution >= 0.6 is 0 Å². The minimum absolute atomic E-state index is 0.122. The first-order valence-electron chi connectivity index (χ1n) is 10.8. The lowest BCUT2D eigenvalue weighted by molar-refractivity contribution is -0.136. The summed E-state index contributed by atoms with van der Waals surface area (Å²) in [6.07, 6.45) is 3.91. The largest absolute Gasteiger partial charge is 0.322 e. The van der Waals surface area contributed by atoms with Gasteiger partial charge in [0.25, 0.3) is 5.91 Å². The molecule has 1 fully saturated rings. The molecular formula is C25H25N3O3. The molecule has 1 unspecified atom stereocenters. The minimum Gasteiger partial charge on any atom is -0.322 e. The van der Waals surface area contributed by atoms with E-state index in [1.807, 2.05) is 18.2 Å². The third-order valence-electron chi connectivity index (χ3n) is 6.44. The number of benzene rings is 2. The van der Waals surface area contributed by atoms with Gasteiger partial charge in [0.15, 0.2) is 0 Å². The zero-order valence-electron chi connectivity index (χ0n) is 17.3. The maximum absolute atomic E-state index is 12.9. The molecule has 3 aliphatic rings. The van der Waals surface area contributed by atoms with Crippen LogP contribution in [0.4, 0.5) is 0 Å². The Morgan fingerprint density at radius 3 is 2.58 bits per heavy atom. The van der Waals surface area contributed by atoms with Crippen molar-refractivity contribution in [2.45, 2.75) is 38.4 Å². The van der Waals surface area contributed by atoms with Crippen molar-refractivity contribution in [1.29, 1.82) is 0 Å². The molecule has 0 aromatic heterocycles. The second-order valence-electron chi connectivity index (χ2n) is 8.47. The number of nitrogens with zero attached hydrogens (tertiary/aromatic N) is 2. The van der Waals surface area contributed by atoms with Gasteiger partial charge in [0.1, 0.15) is 6.04 Å². The van der Waals surface area contributed by atoms with E-state index in [1.54, 1.807) is 4.90 Å². The van der Waals surface area contributed by atoms with E-state index < -0.39 is 6.04 Å². The van der Waals surface area contributed by atoms with Crippen LogP contribution in [0.2, 0.25) is 0 Å². The molecule has 158 valence electrons. The van der Waals surface area contributed by atoms with Gasteiger partial charge in [0, 0.05) is 38.2 Å². The van der Waals surface area contributed by atoms with E-state index in [-0.39, 0.29) is 24.1 Å². The van der Waals surface area contributed by atoms with Crippen LogP contribution in [0.3, 0.4) is 0 Å². The highest BCUT2D eigenvalue weighted by Gasteiger charge is 2.39. The van der Waals surface area contributed by atoms with Crippen molar-refractivity contribution in [1.82, 2.24) is 15.1 Å². The SMILES string of the molecule is O=C1CCC(N2Cc3cc(C4=CCN(Cc5ccccc5)CC4)ccc3C2=O)C(=O)N1. The first-order chi connectivity index (χ1) is 15.1. The number of amides is 3. The Morgan fingerprint density at radius 1 is 1.00 bits per heavy atom. The van der Waals surface area contributed by atoms with Gasteiger partial charge in [-0.15, -0.1) is 0 Å². The van der Waals surface area contributed by atoms with Gasteiger partial charge < -0.3 is 4.90 Å². The molecule has 31 heavy (non-hydrogen) atoms. The van der Waals surface area contributed by atoms with Gasteiger partial charge in [0.05, 0.1) is 0 Å². The molecule has 3 aliphatic heterocycles. The molecule has 0 spiro atoms. The highest BCUT2D eigenvalue weighted by Crippen LogP contribution is 2.31. The maximum Gasteiger partial charge on any atom is 0.255 e. The number of fused-ring (bicyclic) bond motifs is 1. The van der Waals surface area contributed by atoms with E-state index in [1.165, 1.54) is 11.1 Å². The molecule has 5 rings (SSSR count). The van der Waals surface area contributed by atoms with E-state index in [0.717, 1.165) is 37.2 Å². The van der Waals surface area contributed by atoms with Crippen LogP contribution in [-0.2, 0) is 22.7 Å². The molecule has 0 radical (unpaired) electrons. The molecular weight excluding hydrogens is 390 g/mol. The third-order valence-corrected chi connectivity index (χ3v) is 6.44. The first kappa shape index (κ1) is 19.7. The van der Waals surface area contributed by atoms with E-state index in [9.17, 15) is 14.4 Å². The second kappa shape index (κ2) is 8.12. The zero-order valence-corrected chi connectivity index (χ0v) is 17.3. The Balaban J connectivity index is 1.28. The molecule has 1 N–H and O–H groups in total. The number of carbonyl (C=O) groups excluding carboxylic acids is 3. The predicted molar refractivity (Wildman–Crippen MR) is 117 cm³/mol. The highest BCUT2D eigenvalue weighted by atomic mass is 16.2. The lowest BCUT2D eigenvalue weighted by Crippen LogP contribution is -2.52. The third kappa shape index (κ3) is 3.91. The maximum atomic E-state index is 12.9. The molecule has 0 bridgehead atoms. The van der Waals surface area contributed by atoms with Gasteiger partial charge in [0.2, 0.25) is 11.8 Å². The minimum atomic E-state index is -0.568. The number of piperidine rings is 1. The Morgan fingerprint density at radius 2 is 1.84 bits per heavy atom. The summed E-state index contributed by atoms with van der Waals surface area (Å²) in [5.74, 6) is -0.757. The van der Waals surface area contributed by atoms with Crippen molar-refractivity contribution in [3.8, 4) is 0 Å². The fraction of sp³-hybridized carbons (Fsp3) is 0.320. The second-order valence-corrected chi connectivity index (χ2v) is 8.47. The number of nitrogens with one attached hydrogen (secondary N) is 1. The van der Waals surface area contributed by atoms with Crippen LogP contribution in [0.5, 0.6) is 0 Å². The van der Waals surface area contributed by atoms with Crippen molar-refractivity contribution < 1.29 is 14.4 Å². The molecule has 0 aliphatic carbocycles. The number of imide groups is 1. The van der Waals surface area contributed by atoms with Crippen LogP contribution in [0.25, 0.3) is 5.57 Å². The van der Waals surface area contributed by atoms with Crippen molar-refractivity contribution in [3.63, 3.8) is 0 Å². The Kier molecular flexibility index (Phi) is 5.16. The van der Waals surface area contributed by atoms with Crippen LogP contribution in [0.15, 0.2) is 54.6 Å². The lowest BCUT2D eigenvalue weighted by Gasteiger charge is -2.29. The number of carbonyl (C=O) groups is 3. The van der Waals surface area contributed by atoms with Crippen molar-refractivity contribution in [2.24, 2.45) is 0 Å². The average molecular weight is 415 g/mol. The summed E-state index contributed by atoms with van der Waals surface area (Å²) in [5, 5.41) is 2.35. The molecule has 3 heterocycles. The Labute approximate surface area is 181 Å². The summed E-state index contributed by atoms with van der Waals surface area (Å²) >= 11 is 0. The summed E-state index contributed by atoms with van der Waals surface area (Å²) < 4.78 is 0. The lowest BCUT2D eigenvalue weighted by atomic mass is 9.96. The van der Waals surface area contributed by atoms with Crippen molar-refractivity contribution in [2.75, 3.05) is 13.1 Å². The topological polar surface area (TPSA) is 69.7 Å². The number of hydrogen-bond donors (Lipinski definition) is 1. The highest BCUT2D eigenvalue weighted by molar-refractivity contribution is 6.05. The molecule has 2 aromatic rings. The predicted octanol–water partition coefficient (Wildman–Crippen LogP) is 2.74. The summed E-state index contributed by atoms with van der Waals surface area (Å²) in [7, 11) is 0. The van der Waals surface area contributed by atoms with Crippen LogP contribution in [0, 0.1) is 0 Å². The van der Waals surface area contributed by atoms with Crippen molar-refractivity contribution in [3.05, 3.63) is 76.9 Å². The normalized spacial score (nSPS) is 21.7. The first-order valence-corrected chi connectivity index (χ1v) is 10.8. The molecule has 0 saturated carbocycles. The molecule has 1 atom stereocenters. The quantitative estimate of drug-likeness (QED) is 0.780. The smallest absolute Gasteiger partial charge is 0.255 e. The van der Waals surface area contributed by atoms with Crippen LogP contribution < -0.4 is 5.32 Å². The fourth-order valence-electron chi connectivity index (χ4n) is 4.73. The fourth-order valence-corrected chi connectivity index (χ4v) is 4.73. The van der Waals surface area contributed by atoms with Gasteiger partial charge in [-0.05, 0) is 47.2 Å². The van der Waals surface area contributed by atoms with E-state index in [0.29, 0.717) is 18.5 Å². The van der Waals surface area contributed by atoms with Gasteiger partial charge in [-0.25, -0.2) is 0 Å². The van der Waals surface area contributed by atoms with Gasteiger partial charge >= 0.3 is 0 Å². The Hall–Kier alpha value is -3.25. The molecule has 2 aromatic carbocycles. The van der Waals surface area contributed by atoms with Crippen LogP contribution in [-0.4, -0.2) is 46.7 Å². The summed E-state index contributed by atoms with van der Waals surface area (Å²) in [5.41, 5.74) is 5.40. The molecule has 1 saturated heterocycles. The summed E-state index contributed by atoms with van der Waals surface area (Å²) in [6.45, 7) is 3.27. The Bertz CT molecular complexity index is 1080. The van der Waals surface area contributed by atoms with Crippen LogP contribution in [0.1, 0.15) is 46.3 Å². The van der Waals surface area contributed by atoms with E-state index in [2.05, 4.69) is 46.6 Å². The van der Waals surface area contributed by atoms with Gasteiger partial charge in [-0.1, -0.05) is 42.5 Å². The zero-order chi connectivity index (χ0) is 21.4. The molecule has 3 amide bonds. The standard InChI is InChI=1S/C25H25N3O3/c29-23-9-8-22(24(30)26-23)28-16-20-14-19(6-7-21(20)25(28)31)18-10-12-27(13-11-18)15-17-4-2-1-3-5-17/h1-7,10,14,22H,8-9,11-13,15-16H2,(H,26,29,30). The monoisotopic (exact) mass is 415 g/mol. The van der Waals surface area contributed by atoms with Gasteiger partial charge in [-0.3, -0.25) is 24.6 Å². The summed E-state index contributed by atoms with van der Waals surface area (Å²) in [4.78, 5) is 40.6. The van der Waals surface area contributed by atoms with E-state index in [4.69, 9.17) is 0 Å². The summed E-state index contributed by atoms with van der Waals surface area (Å²) in [6, 6.07) is 15.9. The number of hydrogen-bond acceptors (Lipinski definition) is 4. The average Bonchev–Trinajstić information content (AvgIpc) is 3.10. The molecule has 6 nitrogen and oxygen atoms in total.